The van der Waals surface area contributed by atoms with E-state index in [4.69, 9.17) is 0 Å². The summed E-state index contributed by atoms with van der Waals surface area (Å²) >= 11 is 0. The first-order chi connectivity index (χ1) is 9.65. The van der Waals surface area contributed by atoms with Crippen molar-refractivity contribution in [2.45, 2.75) is 38.6 Å². The third-order valence-electron chi connectivity index (χ3n) is 4.71. The lowest BCUT2D eigenvalue weighted by atomic mass is 9.94. The van der Waals surface area contributed by atoms with Crippen LogP contribution >= 0.6 is 0 Å². The first-order valence-corrected chi connectivity index (χ1v) is 7.78. The summed E-state index contributed by atoms with van der Waals surface area (Å²) in [6, 6.07) is 8.64. The molecule has 0 saturated carbocycles. The number of amides is 1. The molecule has 1 aromatic rings. The minimum atomic E-state index is 0.191. The van der Waals surface area contributed by atoms with Gasteiger partial charge in [0.1, 0.15) is 0 Å². The van der Waals surface area contributed by atoms with Gasteiger partial charge in [-0.15, -0.1) is 0 Å². The van der Waals surface area contributed by atoms with Crippen LogP contribution in [0.5, 0.6) is 0 Å². The summed E-state index contributed by atoms with van der Waals surface area (Å²) < 4.78 is 0. The molecule has 20 heavy (non-hydrogen) atoms. The normalized spacial score (nSPS) is 25.9. The smallest absolute Gasteiger partial charge is 0.253 e. The van der Waals surface area contributed by atoms with Crippen LogP contribution in [0.15, 0.2) is 24.3 Å². The minimum Gasteiger partial charge on any atom is -0.337 e. The first kappa shape index (κ1) is 13.6. The summed E-state index contributed by atoms with van der Waals surface area (Å²) in [7, 11) is 0. The molecule has 2 atom stereocenters. The zero-order valence-electron chi connectivity index (χ0n) is 12.4. The highest BCUT2D eigenvalue weighted by Gasteiger charge is 2.36. The minimum absolute atomic E-state index is 0.191. The van der Waals surface area contributed by atoms with E-state index in [-0.39, 0.29) is 5.91 Å². The standard InChI is InChI=1S/C17H24N2O/c1-12(2)13-5-7-14(8-6-13)17(20)19-10-15-4-3-9-18-16(15)11-19/h5-8,12,15-16,18H,3-4,9-11H2,1-2H3. The third kappa shape index (κ3) is 2.59. The summed E-state index contributed by atoms with van der Waals surface area (Å²) in [4.78, 5) is 14.6. The molecular formula is C17H24N2O. The molecule has 0 aromatic heterocycles. The van der Waals surface area contributed by atoms with Crippen LogP contribution in [0.25, 0.3) is 0 Å². The van der Waals surface area contributed by atoms with Crippen molar-refractivity contribution in [3.63, 3.8) is 0 Å². The van der Waals surface area contributed by atoms with E-state index in [2.05, 4.69) is 31.3 Å². The number of carbonyl (C=O) groups excluding carboxylic acids is 1. The molecule has 2 unspecified atom stereocenters. The molecule has 3 heteroatoms. The van der Waals surface area contributed by atoms with E-state index in [0.29, 0.717) is 17.9 Å². The maximum atomic E-state index is 12.6. The van der Waals surface area contributed by atoms with E-state index in [1.807, 2.05) is 17.0 Å². The van der Waals surface area contributed by atoms with Crippen molar-refractivity contribution in [3.8, 4) is 0 Å². The lowest BCUT2D eigenvalue weighted by molar-refractivity contribution is 0.0785. The van der Waals surface area contributed by atoms with Gasteiger partial charge >= 0.3 is 0 Å². The Kier molecular flexibility index (Phi) is 3.79. The highest BCUT2D eigenvalue weighted by atomic mass is 16.2. The number of piperidine rings is 1. The number of rotatable bonds is 2. The maximum Gasteiger partial charge on any atom is 0.253 e. The van der Waals surface area contributed by atoms with Crippen molar-refractivity contribution in [2.75, 3.05) is 19.6 Å². The molecule has 1 amide bonds. The highest BCUT2D eigenvalue weighted by Crippen LogP contribution is 2.26. The predicted molar refractivity (Wildman–Crippen MR) is 80.9 cm³/mol. The zero-order chi connectivity index (χ0) is 14.1. The van der Waals surface area contributed by atoms with Crippen molar-refractivity contribution in [2.24, 2.45) is 5.92 Å². The van der Waals surface area contributed by atoms with E-state index in [0.717, 1.165) is 25.2 Å². The van der Waals surface area contributed by atoms with Crippen LogP contribution in [0.4, 0.5) is 0 Å². The summed E-state index contributed by atoms with van der Waals surface area (Å²) in [6.45, 7) is 7.24. The number of nitrogens with one attached hydrogen (secondary N) is 1. The Morgan fingerprint density at radius 3 is 2.65 bits per heavy atom. The lowest BCUT2D eigenvalue weighted by Gasteiger charge is -2.24. The Morgan fingerprint density at radius 2 is 2.00 bits per heavy atom. The lowest BCUT2D eigenvalue weighted by Crippen LogP contribution is -2.41. The number of fused-ring (bicyclic) bond motifs is 1. The number of likely N-dealkylation sites (tertiary alicyclic amines) is 1. The second kappa shape index (κ2) is 5.57. The van der Waals surface area contributed by atoms with Crippen LogP contribution in [-0.4, -0.2) is 36.5 Å². The van der Waals surface area contributed by atoms with Gasteiger partial charge in [0.2, 0.25) is 0 Å². The van der Waals surface area contributed by atoms with Crippen molar-refractivity contribution in [1.82, 2.24) is 10.2 Å². The fraction of sp³-hybridized carbons (Fsp3) is 0.588. The summed E-state index contributed by atoms with van der Waals surface area (Å²) in [5, 5.41) is 3.55. The van der Waals surface area contributed by atoms with Gasteiger partial charge in [-0.1, -0.05) is 26.0 Å². The van der Waals surface area contributed by atoms with Crippen LogP contribution in [0.2, 0.25) is 0 Å². The van der Waals surface area contributed by atoms with E-state index in [9.17, 15) is 4.79 Å². The van der Waals surface area contributed by atoms with Gasteiger partial charge in [0.15, 0.2) is 0 Å². The molecule has 2 aliphatic heterocycles. The van der Waals surface area contributed by atoms with Gasteiger partial charge in [-0.2, -0.15) is 0 Å². The van der Waals surface area contributed by atoms with Gasteiger partial charge in [-0.25, -0.2) is 0 Å². The van der Waals surface area contributed by atoms with Gasteiger partial charge in [0.25, 0.3) is 5.91 Å². The van der Waals surface area contributed by atoms with Crippen LogP contribution in [-0.2, 0) is 0 Å². The maximum absolute atomic E-state index is 12.6. The number of benzene rings is 1. The average molecular weight is 272 g/mol. The van der Waals surface area contributed by atoms with E-state index in [1.165, 1.54) is 18.4 Å². The van der Waals surface area contributed by atoms with Gasteiger partial charge in [0, 0.05) is 24.7 Å². The molecule has 108 valence electrons. The number of hydrogen-bond acceptors (Lipinski definition) is 2. The van der Waals surface area contributed by atoms with Gasteiger partial charge in [-0.05, 0) is 48.9 Å². The first-order valence-electron chi connectivity index (χ1n) is 7.78. The van der Waals surface area contributed by atoms with Gasteiger partial charge in [0.05, 0.1) is 0 Å². The third-order valence-corrected chi connectivity index (χ3v) is 4.71. The molecule has 3 nitrogen and oxygen atoms in total. The SMILES string of the molecule is CC(C)c1ccc(C(=O)N2CC3CCCNC3C2)cc1. The quantitative estimate of drug-likeness (QED) is 0.897. The number of carbonyl (C=O) groups is 1. The molecule has 1 aromatic carbocycles. The molecule has 0 radical (unpaired) electrons. The van der Waals surface area contributed by atoms with Crippen LogP contribution in [0, 0.1) is 5.92 Å². The molecular weight excluding hydrogens is 248 g/mol. The second-order valence-electron chi connectivity index (χ2n) is 6.45. The number of hydrogen-bond donors (Lipinski definition) is 1. The van der Waals surface area contributed by atoms with Crippen molar-refractivity contribution in [3.05, 3.63) is 35.4 Å². The van der Waals surface area contributed by atoms with Crippen molar-refractivity contribution in [1.29, 1.82) is 0 Å². The molecule has 2 heterocycles. The van der Waals surface area contributed by atoms with E-state index in [1.54, 1.807) is 0 Å². The van der Waals surface area contributed by atoms with Crippen molar-refractivity contribution >= 4 is 5.91 Å². The number of nitrogens with zero attached hydrogens (tertiary/aromatic N) is 1. The molecule has 3 rings (SSSR count). The Hall–Kier alpha value is -1.35. The van der Waals surface area contributed by atoms with E-state index >= 15 is 0 Å². The Balaban J connectivity index is 1.69. The largest absolute Gasteiger partial charge is 0.337 e. The fourth-order valence-corrected chi connectivity index (χ4v) is 3.41. The summed E-state index contributed by atoms with van der Waals surface area (Å²) in [5.74, 6) is 1.36. The van der Waals surface area contributed by atoms with Crippen LogP contribution < -0.4 is 5.32 Å². The Labute approximate surface area is 121 Å². The molecule has 0 spiro atoms. The van der Waals surface area contributed by atoms with Gasteiger partial charge in [-0.3, -0.25) is 4.79 Å². The molecule has 0 bridgehead atoms. The van der Waals surface area contributed by atoms with Crippen molar-refractivity contribution < 1.29 is 4.79 Å². The molecule has 2 fully saturated rings. The van der Waals surface area contributed by atoms with E-state index < -0.39 is 0 Å². The highest BCUT2D eigenvalue weighted by molar-refractivity contribution is 5.94. The molecule has 0 aliphatic carbocycles. The van der Waals surface area contributed by atoms with Gasteiger partial charge < -0.3 is 10.2 Å². The monoisotopic (exact) mass is 272 g/mol. The summed E-state index contributed by atoms with van der Waals surface area (Å²) in [5.41, 5.74) is 2.12. The summed E-state index contributed by atoms with van der Waals surface area (Å²) in [6.07, 6.45) is 2.50. The average Bonchev–Trinajstić information content (AvgIpc) is 2.90. The predicted octanol–water partition coefficient (Wildman–Crippen LogP) is 2.63. The molecule has 2 aliphatic rings. The molecule has 2 saturated heterocycles. The molecule has 1 N–H and O–H groups in total. The Morgan fingerprint density at radius 1 is 1.25 bits per heavy atom. The topological polar surface area (TPSA) is 32.3 Å². The zero-order valence-corrected chi connectivity index (χ0v) is 12.4. The van der Waals surface area contributed by atoms with Crippen LogP contribution in [0.1, 0.15) is 48.5 Å². The van der Waals surface area contributed by atoms with Crippen LogP contribution in [0.3, 0.4) is 0 Å². The Bertz CT molecular complexity index is 466. The fourth-order valence-electron chi connectivity index (χ4n) is 3.41. The second-order valence-corrected chi connectivity index (χ2v) is 6.45.